The Balaban J connectivity index is 1.83. The summed E-state index contributed by atoms with van der Waals surface area (Å²) in [6, 6.07) is 8.12. The number of nitrogens with one attached hydrogen (secondary N) is 1. The molecule has 0 spiro atoms. The Morgan fingerprint density at radius 3 is 2.27 bits per heavy atom. The second-order valence-electron chi connectivity index (χ2n) is 6.11. The Kier molecular flexibility index (Phi) is 5.45. The molecule has 1 saturated carbocycles. The summed E-state index contributed by atoms with van der Waals surface area (Å²) in [6.45, 7) is 0. The van der Waals surface area contributed by atoms with Gasteiger partial charge in [0.2, 0.25) is 0 Å². The van der Waals surface area contributed by atoms with Crippen molar-refractivity contribution < 1.29 is 18.3 Å². The number of benzene rings is 1. The number of anilines is 1. The summed E-state index contributed by atoms with van der Waals surface area (Å²) in [5, 5.41) is 12.4. The molecule has 0 bridgehead atoms. The van der Waals surface area contributed by atoms with E-state index in [1.807, 2.05) is 24.3 Å². The fourth-order valence-corrected chi connectivity index (χ4v) is 3.40. The molecule has 0 heterocycles. The summed E-state index contributed by atoms with van der Waals surface area (Å²) in [6.07, 6.45) is 4.96. The number of carbonyl (C=O) groups is 1. The van der Waals surface area contributed by atoms with E-state index >= 15 is 0 Å². The van der Waals surface area contributed by atoms with Gasteiger partial charge in [-0.1, -0.05) is 12.1 Å². The molecule has 2 N–H and O–H groups in total. The summed E-state index contributed by atoms with van der Waals surface area (Å²) in [5.41, 5.74) is 2.01. The molecule has 0 atom stereocenters. The highest BCUT2D eigenvalue weighted by atomic mass is 32.2. The van der Waals surface area contributed by atoms with Crippen molar-refractivity contribution in [2.24, 2.45) is 5.92 Å². The smallest absolute Gasteiger partial charge is 0.306 e. The van der Waals surface area contributed by atoms with Crippen molar-refractivity contribution in [1.82, 2.24) is 0 Å². The quantitative estimate of drug-likeness (QED) is 0.838. The number of hydrogen-bond donors (Lipinski definition) is 2. The lowest BCUT2D eigenvalue weighted by Crippen LogP contribution is -2.29. The summed E-state index contributed by atoms with van der Waals surface area (Å²) in [5.74, 6) is -0.719. The van der Waals surface area contributed by atoms with Crippen molar-refractivity contribution in [3.8, 4) is 0 Å². The van der Waals surface area contributed by atoms with Crippen molar-refractivity contribution in [1.29, 1.82) is 0 Å². The molecule has 1 aromatic carbocycles. The minimum absolute atomic E-state index is 0.166. The number of rotatable bonds is 6. The predicted octanol–water partition coefficient (Wildman–Crippen LogP) is 2.33. The van der Waals surface area contributed by atoms with Gasteiger partial charge in [-0.3, -0.25) is 4.79 Å². The lowest BCUT2D eigenvalue weighted by molar-refractivity contribution is -0.142. The minimum atomic E-state index is -2.93. The number of hydrogen-bond acceptors (Lipinski definition) is 4. The molecule has 1 aromatic rings. The normalized spacial score (nSPS) is 22.2. The average molecular weight is 325 g/mol. The zero-order valence-electron chi connectivity index (χ0n) is 12.8. The van der Waals surface area contributed by atoms with Gasteiger partial charge >= 0.3 is 5.97 Å². The van der Waals surface area contributed by atoms with Crippen LogP contribution >= 0.6 is 0 Å². The predicted molar refractivity (Wildman–Crippen MR) is 86.9 cm³/mol. The van der Waals surface area contributed by atoms with Gasteiger partial charge in [0, 0.05) is 18.0 Å². The van der Waals surface area contributed by atoms with Crippen molar-refractivity contribution in [3.05, 3.63) is 29.8 Å². The number of carboxylic acid groups (broad SMARTS) is 1. The largest absolute Gasteiger partial charge is 0.481 e. The third-order valence-electron chi connectivity index (χ3n) is 4.16. The van der Waals surface area contributed by atoms with Crippen molar-refractivity contribution >= 4 is 21.5 Å². The second kappa shape index (κ2) is 7.13. The third-order valence-corrected chi connectivity index (χ3v) is 5.11. The van der Waals surface area contributed by atoms with E-state index in [-0.39, 0.29) is 11.7 Å². The highest BCUT2D eigenvalue weighted by Crippen LogP contribution is 2.26. The first kappa shape index (κ1) is 16.8. The average Bonchev–Trinajstić information content (AvgIpc) is 2.46. The third kappa shape index (κ3) is 5.33. The molecule has 0 amide bonds. The van der Waals surface area contributed by atoms with Crippen LogP contribution in [0.4, 0.5) is 5.69 Å². The highest BCUT2D eigenvalue weighted by Gasteiger charge is 2.25. The minimum Gasteiger partial charge on any atom is -0.481 e. The van der Waals surface area contributed by atoms with E-state index in [1.54, 1.807) is 0 Å². The molecule has 0 aliphatic heterocycles. The van der Waals surface area contributed by atoms with Gasteiger partial charge in [0.25, 0.3) is 0 Å². The van der Waals surface area contributed by atoms with Crippen LogP contribution in [0, 0.1) is 5.92 Å². The van der Waals surface area contributed by atoms with Crippen LogP contribution in [-0.4, -0.2) is 37.5 Å². The molecule has 1 aliphatic carbocycles. The van der Waals surface area contributed by atoms with E-state index < -0.39 is 15.8 Å². The van der Waals surface area contributed by atoms with E-state index in [0.717, 1.165) is 36.9 Å². The Morgan fingerprint density at radius 1 is 1.18 bits per heavy atom. The van der Waals surface area contributed by atoms with Crippen LogP contribution in [0.3, 0.4) is 0 Å². The standard InChI is InChI=1S/C16H23NO4S/c1-22(20,21)11-10-12-2-6-14(7-3-12)17-15-8-4-13(5-9-15)16(18)19/h2-3,6-7,13,15,17H,4-5,8-11H2,1H3,(H,18,19). The summed E-state index contributed by atoms with van der Waals surface area (Å²) in [7, 11) is -2.93. The summed E-state index contributed by atoms with van der Waals surface area (Å²) >= 11 is 0. The SMILES string of the molecule is CS(=O)(=O)CCc1ccc(NC2CCC(C(=O)O)CC2)cc1. The fourth-order valence-electron chi connectivity index (χ4n) is 2.79. The molecule has 0 saturated heterocycles. The molecule has 22 heavy (non-hydrogen) atoms. The number of aryl methyl sites for hydroxylation is 1. The van der Waals surface area contributed by atoms with E-state index in [0.29, 0.717) is 12.5 Å². The molecule has 6 heteroatoms. The molecule has 0 unspecified atom stereocenters. The lowest BCUT2D eigenvalue weighted by atomic mass is 9.86. The topological polar surface area (TPSA) is 83.5 Å². The van der Waals surface area contributed by atoms with Gasteiger partial charge in [-0.05, 0) is 49.8 Å². The van der Waals surface area contributed by atoms with E-state index in [9.17, 15) is 13.2 Å². The maximum absolute atomic E-state index is 11.2. The van der Waals surface area contributed by atoms with Crippen LogP contribution in [0.2, 0.25) is 0 Å². The Bertz CT molecular complexity index is 602. The van der Waals surface area contributed by atoms with Gasteiger partial charge in [0.15, 0.2) is 0 Å². The lowest BCUT2D eigenvalue weighted by Gasteiger charge is -2.27. The van der Waals surface area contributed by atoms with Crippen molar-refractivity contribution in [2.75, 3.05) is 17.3 Å². The maximum atomic E-state index is 11.2. The van der Waals surface area contributed by atoms with Gasteiger partial charge in [0.05, 0.1) is 11.7 Å². The summed E-state index contributed by atoms with van der Waals surface area (Å²) < 4.78 is 22.3. The molecule has 122 valence electrons. The number of aliphatic carboxylic acids is 1. The van der Waals surface area contributed by atoms with Crippen LogP contribution in [-0.2, 0) is 21.1 Å². The van der Waals surface area contributed by atoms with Gasteiger partial charge in [-0.15, -0.1) is 0 Å². The van der Waals surface area contributed by atoms with E-state index in [4.69, 9.17) is 5.11 Å². The molecule has 1 aliphatic rings. The first-order valence-electron chi connectivity index (χ1n) is 7.59. The molecule has 1 fully saturated rings. The van der Waals surface area contributed by atoms with Crippen molar-refractivity contribution in [3.63, 3.8) is 0 Å². The zero-order valence-corrected chi connectivity index (χ0v) is 13.6. The first-order valence-corrected chi connectivity index (χ1v) is 9.65. The first-order chi connectivity index (χ1) is 10.3. The molecular formula is C16H23NO4S. The van der Waals surface area contributed by atoms with Crippen LogP contribution in [0.1, 0.15) is 31.2 Å². The van der Waals surface area contributed by atoms with Crippen LogP contribution < -0.4 is 5.32 Å². The Hall–Kier alpha value is -1.56. The van der Waals surface area contributed by atoms with Gasteiger partial charge in [-0.2, -0.15) is 0 Å². The van der Waals surface area contributed by atoms with Crippen LogP contribution in [0.5, 0.6) is 0 Å². The zero-order chi connectivity index (χ0) is 16.2. The van der Waals surface area contributed by atoms with E-state index in [2.05, 4.69) is 5.32 Å². The monoisotopic (exact) mass is 325 g/mol. The molecule has 5 nitrogen and oxygen atoms in total. The van der Waals surface area contributed by atoms with Gasteiger partial charge < -0.3 is 10.4 Å². The number of carboxylic acids is 1. The second-order valence-corrected chi connectivity index (χ2v) is 8.37. The van der Waals surface area contributed by atoms with Crippen LogP contribution in [0.15, 0.2) is 24.3 Å². The van der Waals surface area contributed by atoms with Gasteiger partial charge in [-0.25, -0.2) is 8.42 Å². The van der Waals surface area contributed by atoms with Crippen molar-refractivity contribution in [2.45, 2.75) is 38.1 Å². The number of sulfone groups is 1. The fraction of sp³-hybridized carbons (Fsp3) is 0.562. The molecule has 0 radical (unpaired) electrons. The maximum Gasteiger partial charge on any atom is 0.306 e. The van der Waals surface area contributed by atoms with Crippen LogP contribution in [0.25, 0.3) is 0 Å². The van der Waals surface area contributed by atoms with Gasteiger partial charge in [0.1, 0.15) is 9.84 Å². The Morgan fingerprint density at radius 2 is 1.77 bits per heavy atom. The molecular weight excluding hydrogens is 302 g/mol. The van der Waals surface area contributed by atoms with E-state index in [1.165, 1.54) is 6.26 Å². The molecule has 2 rings (SSSR count). The highest BCUT2D eigenvalue weighted by molar-refractivity contribution is 7.90. The Labute approximate surface area is 131 Å². The molecule has 0 aromatic heterocycles. The summed E-state index contributed by atoms with van der Waals surface area (Å²) in [4.78, 5) is 10.9.